The van der Waals surface area contributed by atoms with Gasteiger partial charge in [-0.1, -0.05) is 6.07 Å². The van der Waals surface area contributed by atoms with E-state index in [1.165, 1.54) is 64.4 Å². The fourth-order valence-corrected chi connectivity index (χ4v) is 6.17. The molecule has 194 valence electrons. The second kappa shape index (κ2) is 11.2. The molecule has 1 aliphatic carbocycles. The predicted octanol–water partition coefficient (Wildman–Crippen LogP) is 4.30. The van der Waals surface area contributed by atoms with Gasteiger partial charge in [-0.25, -0.2) is 13.4 Å². The lowest BCUT2D eigenvalue weighted by Crippen LogP contribution is -2.33. The number of rotatable bonds is 10. The lowest BCUT2D eigenvalue weighted by molar-refractivity contribution is 0.228. The van der Waals surface area contributed by atoms with Crippen LogP contribution in [0.15, 0.2) is 42.7 Å². The largest absolute Gasteiger partial charge is 0.493 e. The molecule has 0 radical (unpaired) electrons. The van der Waals surface area contributed by atoms with Crippen LogP contribution >= 0.6 is 0 Å². The highest BCUT2D eigenvalue weighted by Crippen LogP contribution is 2.30. The van der Waals surface area contributed by atoms with Gasteiger partial charge >= 0.3 is 0 Å². The van der Waals surface area contributed by atoms with Crippen molar-refractivity contribution in [2.24, 2.45) is 5.92 Å². The van der Waals surface area contributed by atoms with Crippen molar-refractivity contribution >= 4 is 26.7 Å². The van der Waals surface area contributed by atoms with Gasteiger partial charge in [-0.15, -0.1) is 0 Å². The van der Waals surface area contributed by atoms with E-state index in [9.17, 15) is 8.42 Å². The number of hydrogen-bond acceptors (Lipinski definition) is 7. The Bertz CT molecular complexity index is 1260. The minimum Gasteiger partial charge on any atom is -0.493 e. The second-order valence-electron chi connectivity index (χ2n) is 10.3. The first kappa shape index (κ1) is 25.0. The Morgan fingerprint density at radius 1 is 1.08 bits per heavy atom. The number of sulfone groups is 1. The summed E-state index contributed by atoms with van der Waals surface area (Å²) in [6.45, 7) is 4.19. The van der Waals surface area contributed by atoms with Crippen LogP contribution in [0.2, 0.25) is 0 Å². The van der Waals surface area contributed by atoms with Crippen LogP contribution in [0.25, 0.3) is 16.7 Å². The van der Waals surface area contributed by atoms with Gasteiger partial charge in [0.25, 0.3) is 0 Å². The summed E-state index contributed by atoms with van der Waals surface area (Å²) in [5, 5.41) is 4.55. The summed E-state index contributed by atoms with van der Waals surface area (Å²) < 4.78 is 30.7. The third-order valence-electron chi connectivity index (χ3n) is 7.39. The van der Waals surface area contributed by atoms with Crippen LogP contribution in [0, 0.1) is 5.92 Å². The molecular weight excluding hydrogens is 474 g/mol. The van der Waals surface area contributed by atoms with E-state index in [1.54, 1.807) is 6.20 Å². The molecule has 0 amide bonds. The van der Waals surface area contributed by atoms with Gasteiger partial charge in [-0.05, 0) is 88.2 Å². The lowest BCUT2D eigenvalue weighted by atomic mass is 9.86. The highest BCUT2D eigenvalue weighted by molar-refractivity contribution is 7.90. The number of fused-ring (bicyclic) bond motifs is 1. The van der Waals surface area contributed by atoms with Crippen LogP contribution in [-0.2, 0) is 9.84 Å². The molecule has 8 nitrogen and oxygen atoms in total. The average molecular weight is 512 g/mol. The van der Waals surface area contributed by atoms with Crippen molar-refractivity contribution in [2.75, 3.05) is 43.6 Å². The number of hydrogen-bond donors (Lipinski definition) is 1. The number of likely N-dealkylation sites (tertiary alicyclic amines) is 1. The van der Waals surface area contributed by atoms with Gasteiger partial charge in [-0.3, -0.25) is 0 Å². The first-order valence-electron chi connectivity index (χ1n) is 13.2. The number of benzene rings is 1. The summed E-state index contributed by atoms with van der Waals surface area (Å²) >= 11 is 0. The Balaban J connectivity index is 1.21. The predicted molar refractivity (Wildman–Crippen MR) is 144 cm³/mol. The molecule has 36 heavy (non-hydrogen) atoms. The summed E-state index contributed by atoms with van der Waals surface area (Å²) in [5.41, 5.74) is 0.989. The number of nitrogens with one attached hydrogen (secondary N) is 1. The van der Waals surface area contributed by atoms with E-state index in [2.05, 4.69) is 15.2 Å². The van der Waals surface area contributed by atoms with Gasteiger partial charge in [0.1, 0.15) is 21.4 Å². The Kier molecular flexibility index (Phi) is 7.76. The van der Waals surface area contributed by atoms with Crippen LogP contribution in [-0.4, -0.2) is 72.1 Å². The van der Waals surface area contributed by atoms with Crippen molar-refractivity contribution in [3.05, 3.63) is 42.7 Å². The highest BCUT2D eigenvalue weighted by Gasteiger charge is 2.24. The van der Waals surface area contributed by atoms with E-state index in [4.69, 9.17) is 9.72 Å². The summed E-state index contributed by atoms with van der Waals surface area (Å²) in [5.74, 6) is 3.17. The Labute approximate surface area is 214 Å². The number of anilines is 1. The maximum atomic E-state index is 11.4. The van der Waals surface area contributed by atoms with E-state index >= 15 is 0 Å². The molecule has 3 aromatic rings. The van der Waals surface area contributed by atoms with Gasteiger partial charge < -0.3 is 19.5 Å². The van der Waals surface area contributed by atoms with E-state index < -0.39 is 9.84 Å². The van der Waals surface area contributed by atoms with Crippen LogP contribution in [0.5, 0.6) is 5.75 Å². The maximum absolute atomic E-state index is 11.4. The molecule has 0 atom stereocenters. The fraction of sp³-hybridized carbons (Fsp3) is 0.556. The van der Waals surface area contributed by atoms with E-state index in [0.29, 0.717) is 25.0 Å². The van der Waals surface area contributed by atoms with Gasteiger partial charge in [0.05, 0.1) is 17.9 Å². The molecular formula is C27H37N5O3S. The minimum absolute atomic E-state index is 0.126. The topological polar surface area (TPSA) is 89.3 Å². The molecule has 1 saturated carbocycles. The molecule has 5 rings (SSSR count). The molecule has 0 bridgehead atoms. The van der Waals surface area contributed by atoms with Crippen molar-refractivity contribution in [1.29, 1.82) is 0 Å². The molecule has 1 aliphatic heterocycles. The first-order valence-corrected chi connectivity index (χ1v) is 15.2. The van der Waals surface area contributed by atoms with Gasteiger partial charge in [0.15, 0.2) is 0 Å². The normalized spacial score (nSPS) is 21.1. The number of nitrogens with zero attached hydrogens (tertiary/aromatic N) is 4. The zero-order chi connectivity index (χ0) is 25.0. The summed E-state index contributed by atoms with van der Waals surface area (Å²) in [7, 11) is -2.98. The Morgan fingerprint density at radius 3 is 2.67 bits per heavy atom. The minimum atomic E-state index is -2.98. The van der Waals surface area contributed by atoms with Crippen molar-refractivity contribution in [3.8, 4) is 11.6 Å². The molecule has 1 saturated heterocycles. The first-order chi connectivity index (χ1) is 17.4. The van der Waals surface area contributed by atoms with Crippen molar-refractivity contribution < 1.29 is 13.2 Å². The SMILES string of the molecule is CS(=O)(=O)CCCOc1cccc2c1ccn2-c1ccnc(NC2CCC(CN3CCCC3)CC2)n1. The second-order valence-corrected chi connectivity index (χ2v) is 12.6. The molecule has 2 fully saturated rings. The number of aromatic nitrogens is 3. The van der Waals surface area contributed by atoms with Crippen LogP contribution in [0.3, 0.4) is 0 Å². The van der Waals surface area contributed by atoms with Crippen LogP contribution < -0.4 is 10.1 Å². The van der Waals surface area contributed by atoms with E-state index in [0.717, 1.165) is 28.4 Å². The number of ether oxygens (including phenoxy) is 1. The Hall–Kier alpha value is -2.65. The van der Waals surface area contributed by atoms with Gasteiger partial charge in [0, 0.05) is 36.6 Å². The van der Waals surface area contributed by atoms with Crippen molar-refractivity contribution in [1.82, 2.24) is 19.4 Å². The quantitative estimate of drug-likeness (QED) is 0.406. The monoisotopic (exact) mass is 511 g/mol. The zero-order valence-electron chi connectivity index (χ0n) is 21.1. The molecule has 0 unspecified atom stereocenters. The Morgan fingerprint density at radius 2 is 1.89 bits per heavy atom. The molecule has 1 aromatic carbocycles. The summed E-state index contributed by atoms with van der Waals surface area (Å²) in [4.78, 5) is 12.0. The third kappa shape index (κ3) is 6.37. The summed E-state index contributed by atoms with van der Waals surface area (Å²) in [6, 6.07) is 10.2. The standard InChI is InChI=1S/C27H37N5O3S/c1-36(33,34)19-5-18-35-25-7-4-6-24-23(25)13-17-32(24)26-12-14-28-27(30-26)29-22-10-8-21(9-11-22)20-31-15-2-3-16-31/h4,6-7,12-14,17,21-22H,2-3,5,8-11,15-16,18-20H2,1H3,(H,28,29,30). The third-order valence-corrected chi connectivity index (χ3v) is 8.42. The smallest absolute Gasteiger partial charge is 0.224 e. The fourth-order valence-electron chi connectivity index (χ4n) is 5.52. The molecule has 1 N–H and O–H groups in total. The average Bonchev–Trinajstić information content (AvgIpc) is 3.53. The van der Waals surface area contributed by atoms with Crippen molar-refractivity contribution in [3.63, 3.8) is 0 Å². The molecule has 3 heterocycles. The van der Waals surface area contributed by atoms with E-state index in [1.807, 2.05) is 41.1 Å². The zero-order valence-corrected chi connectivity index (χ0v) is 21.9. The van der Waals surface area contributed by atoms with Crippen molar-refractivity contribution in [2.45, 2.75) is 51.0 Å². The van der Waals surface area contributed by atoms with Gasteiger partial charge in [-0.2, -0.15) is 4.98 Å². The lowest BCUT2D eigenvalue weighted by Gasteiger charge is -2.31. The van der Waals surface area contributed by atoms with E-state index in [-0.39, 0.29) is 5.75 Å². The molecule has 0 spiro atoms. The van der Waals surface area contributed by atoms with Crippen LogP contribution in [0.1, 0.15) is 44.9 Å². The van der Waals surface area contributed by atoms with Gasteiger partial charge in [0.2, 0.25) is 5.95 Å². The molecule has 9 heteroatoms. The van der Waals surface area contributed by atoms with Crippen LogP contribution in [0.4, 0.5) is 5.95 Å². The molecule has 2 aromatic heterocycles. The highest BCUT2D eigenvalue weighted by atomic mass is 32.2. The maximum Gasteiger partial charge on any atom is 0.224 e. The molecule has 2 aliphatic rings. The summed E-state index contributed by atoms with van der Waals surface area (Å²) in [6.07, 6.45) is 13.1.